The highest BCUT2D eigenvalue weighted by Crippen LogP contribution is 2.12. The third kappa shape index (κ3) is 3.13. The van der Waals surface area contributed by atoms with Crippen molar-refractivity contribution < 1.29 is 9.84 Å². The van der Waals surface area contributed by atoms with Crippen molar-refractivity contribution in [2.24, 2.45) is 0 Å². The molecule has 1 heterocycles. The van der Waals surface area contributed by atoms with Gasteiger partial charge in [-0.1, -0.05) is 0 Å². The second-order valence-corrected chi connectivity index (χ2v) is 3.19. The second kappa shape index (κ2) is 4.95. The molecule has 0 saturated heterocycles. The van der Waals surface area contributed by atoms with Crippen molar-refractivity contribution >= 4 is 22.6 Å². The third-order valence-corrected chi connectivity index (χ3v) is 2.02. The molecule has 1 aromatic heterocycles. The van der Waals surface area contributed by atoms with E-state index in [2.05, 4.69) is 14.7 Å². The average molecular weight is 204 g/mol. The Hall–Kier alpha value is -0.920. The van der Waals surface area contributed by atoms with E-state index in [9.17, 15) is 0 Å². The summed E-state index contributed by atoms with van der Waals surface area (Å²) in [6, 6.07) is -0.169. The summed E-state index contributed by atoms with van der Waals surface area (Å²) in [5.74, 6) is 0.238. The van der Waals surface area contributed by atoms with Gasteiger partial charge in [0.1, 0.15) is 0 Å². The molecule has 13 heavy (non-hydrogen) atoms. The Morgan fingerprint density at radius 1 is 1.77 bits per heavy atom. The van der Waals surface area contributed by atoms with Crippen molar-refractivity contribution in [3.63, 3.8) is 0 Å². The minimum Gasteiger partial charge on any atom is -0.394 e. The smallest absolute Gasteiger partial charge is 0.233 e. The van der Waals surface area contributed by atoms with Gasteiger partial charge in [-0.2, -0.15) is 9.36 Å². The minimum atomic E-state index is -0.169. The molecule has 1 rings (SSSR count). The van der Waals surface area contributed by atoms with Gasteiger partial charge >= 0.3 is 0 Å². The highest BCUT2D eigenvalue weighted by Gasteiger charge is 2.09. The Morgan fingerprint density at radius 3 is 3.00 bits per heavy atom. The van der Waals surface area contributed by atoms with Crippen LogP contribution in [0.5, 0.6) is 0 Å². The first-order chi connectivity index (χ1) is 6.26. The Morgan fingerprint density at radius 2 is 2.54 bits per heavy atom. The standard InChI is InChI=1S/C6H12N4O2S/c1-12-3-4(2-11)8-6-9-5(7)10-13-6/h4,11H,2-3H2,1H3,(H3,7,8,9,10). The highest BCUT2D eigenvalue weighted by molar-refractivity contribution is 7.09. The first kappa shape index (κ1) is 10.2. The number of nitrogens with zero attached hydrogens (tertiary/aromatic N) is 2. The van der Waals surface area contributed by atoms with E-state index in [0.29, 0.717) is 11.7 Å². The van der Waals surface area contributed by atoms with Crippen LogP contribution in [-0.2, 0) is 4.74 Å². The summed E-state index contributed by atoms with van der Waals surface area (Å²) >= 11 is 1.16. The highest BCUT2D eigenvalue weighted by atomic mass is 32.1. The van der Waals surface area contributed by atoms with Gasteiger partial charge in [-0.3, -0.25) is 0 Å². The summed E-state index contributed by atoms with van der Waals surface area (Å²) < 4.78 is 8.66. The molecule has 74 valence electrons. The summed E-state index contributed by atoms with van der Waals surface area (Å²) in [5, 5.41) is 12.4. The zero-order chi connectivity index (χ0) is 9.68. The molecule has 6 nitrogen and oxygen atoms in total. The first-order valence-corrected chi connectivity index (χ1v) is 4.49. The lowest BCUT2D eigenvalue weighted by atomic mass is 10.3. The molecule has 1 atom stereocenters. The molecule has 0 bridgehead atoms. The number of nitrogens with one attached hydrogen (secondary N) is 1. The zero-order valence-electron chi connectivity index (χ0n) is 7.23. The van der Waals surface area contributed by atoms with Gasteiger partial charge in [0.05, 0.1) is 19.3 Å². The van der Waals surface area contributed by atoms with Crippen LogP contribution in [0.2, 0.25) is 0 Å². The summed E-state index contributed by atoms with van der Waals surface area (Å²) in [7, 11) is 1.57. The lowest BCUT2D eigenvalue weighted by molar-refractivity contribution is 0.153. The molecule has 7 heteroatoms. The van der Waals surface area contributed by atoms with Crippen LogP contribution >= 0.6 is 11.5 Å². The van der Waals surface area contributed by atoms with E-state index < -0.39 is 0 Å². The fraction of sp³-hybridized carbons (Fsp3) is 0.667. The van der Waals surface area contributed by atoms with Crippen LogP contribution in [0, 0.1) is 0 Å². The molecule has 0 aliphatic carbocycles. The lowest BCUT2D eigenvalue weighted by Crippen LogP contribution is -2.28. The number of rotatable bonds is 5. The molecule has 0 radical (unpaired) electrons. The lowest BCUT2D eigenvalue weighted by Gasteiger charge is -2.13. The van der Waals surface area contributed by atoms with Crippen LogP contribution < -0.4 is 11.1 Å². The molecule has 0 amide bonds. The SMILES string of the molecule is COCC(CO)Nc1nc(N)ns1. The molecule has 1 aromatic rings. The molecule has 0 aliphatic heterocycles. The molecule has 0 fully saturated rings. The number of hydrogen-bond acceptors (Lipinski definition) is 7. The molecular formula is C6H12N4O2S. The Bertz CT molecular complexity index is 255. The average Bonchev–Trinajstić information content (AvgIpc) is 2.50. The fourth-order valence-electron chi connectivity index (χ4n) is 0.809. The van der Waals surface area contributed by atoms with Gasteiger partial charge in [0.15, 0.2) is 0 Å². The predicted octanol–water partition coefficient (Wildman–Crippen LogP) is -0.461. The largest absolute Gasteiger partial charge is 0.394 e. The maximum absolute atomic E-state index is 8.91. The van der Waals surface area contributed by atoms with Crippen molar-refractivity contribution in [1.29, 1.82) is 0 Å². The predicted molar refractivity (Wildman–Crippen MR) is 50.7 cm³/mol. The summed E-state index contributed by atoms with van der Waals surface area (Å²) in [5.41, 5.74) is 5.32. The Labute approximate surface area is 79.9 Å². The molecule has 4 N–H and O–H groups in total. The number of aromatic nitrogens is 2. The number of nitrogens with two attached hydrogens (primary N) is 1. The van der Waals surface area contributed by atoms with Gasteiger partial charge in [-0.15, -0.1) is 0 Å². The fourth-order valence-corrected chi connectivity index (χ4v) is 1.38. The van der Waals surface area contributed by atoms with Crippen LogP contribution in [0.15, 0.2) is 0 Å². The molecule has 0 aliphatic rings. The number of aliphatic hydroxyl groups is 1. The topological polar surface area (TPSA) is 93.3 Å². The van der Waals surface area contributed by atoms with E-state index in [1.54, 1.807) is 7.11 Å². The minimum absolute atomic E-state index is 0.0205. The van der Waals surface area contributed by atoms with Gasteiger partial charge in [0.25, 0.3) is 0 Å². The Kier molecular flexibility index (Phi) is 3.87. The van der Waals surface area contributed by atoms with E-state index in [0.717, 1.165) is 11.5 Å². The van der Waals surface area contributed by atoms with E-state index in [4.69, 9.17) is 15.6 Å². The van der Waals surface area contributed by atoms with E-state index >= 15 is 0 Å². The number of hydrogen-bond donors (Lipinski definition) is 3. The van der Waals surface area contributed by atoms with Gasteiger partial charge in [0, 0.05) is 18.6 Å². The number of nitrogen functional groups attached to an aromatic ring is 1. The second-order valence-electron chi connectivity index (χ2n) is 2.44. The number of methoxy groups -OCH3 is 1. The molecule has 0 saturated carbocycles. The van der Waals surface area contributed by atoms with E-state index in [1.807, 2.05) is 0 Å². The monoisotopic (exact) mass is 204 g/mol. The molecule has 1 unspecified atom stereocenters. The normalized spacial score (nSPS) is 12.8. The van der Waals surface area contributed by atoms with Crippen molar-refractivity contribution in [2.45, 2.75) is 6.04 Å². The van der Waals surface area contributed by atoms with Gasteiger partial charge < -0.3 is 20.9 Å². The van der Waals surface area contributed by atoms with Crippen molar-refractivity contribution in [3.8, 4) is 0 Å². The molecule has 0 aromatic carbocycles. The van der Waals surface area contributed by atoms with Crippen LogP contribution in [-0.4, -0.2) is 40.8 Å². The van der Waals surface area contributed by atoms with Crippen LogP contribution in [0.1, 0.15) is 0 Å². The quantitative estimate of drug-likeness (QED) is 0.601. The summed E-state index contributed by atoms with van der Waals surface area (Å²) in [6.45, 7) is 0.392. The molecular weight excluding hydrogens is 192 g/mol. The van der Waals surface area contributed by atoms with Crippen LogP contribution in [0.4, 0.5) is 11.1 Å². The maximum atomic E-state index is 8.91. The van der Waals surface area contributed by atoms with E-state index in [-0.39, 0.29) is 18.6 Å². The third-order valence-electron chi connectivity index (χ3n) is 1.36. The van der Waals surface area contributed by atoms with Crippen molar-refractivity contribution in [2.75, 3.05) is 31.4 Å². The maximum Gasteiger partial charge on any atom is 0.233 e. The van der Waals surface area contributed by atoms with Crippen molar-refractivity contribution in [1.82, 2.24) is 9.36 Å². The van der Waals surface area contributed by atoms with Crippen molar-refractivity contribution in [3.05, 3.63) is 0 Å². The number of anilines is 2. The zero-order valence-corrected chi connectivity index (χ0v) is 8.04. The first-order valence-electron chi connectivity index (χ1n) is 3.71. The van der Waals surface area contributed by atoms with Crippen LogP contribution in [0.25, 0.3) is 0 Å². The summed E-state index contributed by atoms with van der Waals surface area (Å²) in [4.78, 5) is 3.89. The van der Waals surface area contributed by atoms with Gasteiger partial charge in [-0.05, 0) is 0 Å². The van der Waals surface area contributed by atoms with Gasteiger partial charge in [0.2, 0.25) is 11.1 Å². The summed E-state index contributed by atoms with van der Waals surface area (Å²) in [6.07, 6.45) is 0. The number of ether oxygens (including phenoxy) is 1. The van der Waals surface area contributed by atoms with E-state index in [1.165, 1.54) is 0 Å². The van der Waals surface area contributed by atoms with Crippen LogP contribution in [0.3, 0.4) is 0 Å². The number of aliphatic hydroxyl groups excluding tert-OH is 1. The Balaban J connectivity index is 2.46. The molecule has 0 spiro atoms. The van der Waals surface area contributed by atoms with Gasteiger partial charge in [-0.25, -0.2) is 0 Å².